The molecular formula is C22H35O4P. The molecule has 1 unspecified atom stereocenters. The summed E-state index contributed by atoms with van der Waals surface area (Å²) < 4.78 is 24.9. The van der Waals surface area contributed by atoms with Crippen LogP contribution < -0.4 is 9.47 Å². The zero-order valence-corrected chi connectivity index (χ0v) is 18.1. The van der Waals surface area contributed by atoms with Gasteiger partial charge in [-0.2, -0.15) is 0 Å². The van der Waals surface area contributed by atoms with Gasteiger partial charge in [-0.15, -0.1) is 0 Å². The van der Waals surface area contributed by atoms with Gasteiger partial charge in [0.1, 0.15) is 17.1 Å². The van der Waals surface area contributed by atoms with E-state index in [-0.39, 0.29) is 11.2 Å². The van der Waals surface area contributed by atoms with E-state index in [0.717, 1.165) is 44.9 Å². The second-order valence-corrected chi connectivity index (χ2v) is 10.7. The number of methoxy groups -OCH3 is 2. The van der Waals surface area contributed by atoms with Crippen molar-refractivity contribution in [3.8, 4) is 11.5 Å². The molecule has 1 aromatic rings. The number of ether oxygens (including phenoxy) is 2. The van der Waals surface area contributed by atoms with Crippen molar-refractivity contribution < 1.29 is 18.8 Å². The van der Waals surface area contributed by atoms with Gasteiger partial charge in [0.2, 0.25) is 5.52 Å². The van der Waals surface area contributed by atoms with Gasteiger partial charge in [0.05, 0.1) is 14.2 Å². The quantitative estimate of drug-likeness (QED) is 0.299. The van der Waals surface area contributed by atoms with Crippen LogP contribution in [0.1, 0.15) is 81.5 Å². The van der Waals surface area contributed by atoms with Gasteiger partial charge in [-0.05, 0) is 31.4 Å². The standard InChI is InChI=1S/C22H35O4P/c1-4-5-6-7-8-11-17-27(24,18-13-9-10-14-18)22(23)21-19(25-2)15-12-16-20(21)26-3/h12,15-16,18H,4-11,13-14,17H2,1-3H3. The fourth-order valence-electron chi connectivity index (χ4n) is 4.15. The molecule has 0 N–H and O–H groups in total. The molecule has 1 fully saturated rings. The molecule has 27 heavy (non-hydrogen) atoms. The third kappa shape index (κ3) is 5.38. The number of rotatable bonds is 12. The van der Waals surface area contributed by atoms with Crippen LogP contribution in [0, 0.1) is 0 Å². The Hall–Kier alpha value is -1.28. The first kappa shape index (κ1) is 22.0. The van der Waals surface area contributed by atoms with Gasteiger partial charge >= 0.3 is 0 Å². The summed E-state index contributed by atoms with van der Waals surface area (Å²) in [5.74, 6) is 0.918. The van der Waals surface area contributed by atoms with Gasteiger partial charge in [-0.3, -0.25) is 4.79 Å². The van der Waals surface area contributed by atoms with E-state index in [1.54, 1.807) is 32.4 Å². The number of benzene rings is 1. The predicted octanol–water partition coefficient (Wildman–Crippen LogP) is 6.51. The van der Waals surface area contributed by atoms with Gasteiger partial charge in [-0.1, -0.05) is 57.9 Å². The van der Waals surface area contributed by atoms with Gasteiger partial charge in [0.25, 0.3) is 0 Å². The summed E-state index contributed by atoms with van der Waals surface area (Å²) in [7, 11) is 0.0682. The molecule has 1 aliphatic rings. The molecule has 0 bridgehead atoms. The second-order valence-electron chi connectivity index (χ2n) is 7.57. The van der Waals surface area contributed by atoms with Crippen LogP contribution in [0.5, 0.6) is 11.5 Å². The monoisotopic (exact) mass is 394 g/mol. The van der Waals surface area contributed by atoms with Crippen LogP contribution in [0.15, 0.2) is 18.2 Å². The minimum Gasteiger partial charge on any atom is -0.496 e. The van der Waals surface area contributed by atoms with E-state index in [2.05, 4.69) is 6.92 Å². The van der Waals surface area contributed by atoms with E-state index in [9.17, 15) is 9.36 Å². The summed E-state index contributed by atoms with van der Waals surface area (Å²) in [6, 6.07) is 5.29. The first-order valence-electron chi connectivity index (χ1n) is 10.4. The molecule has 0 amide bonds. The number of hydrogen-bond acceptors (Lipinski definition) is 4. The summed E-state index contributed by atoms with van der Waals surface area (Å²) in [5, 5.41) is 0. The fraction of sp³-hybridized carbons (Fsp3) is 0.682. The largest absolute Gasteiger partial charge is 0.496 e. The maximum Gasteiger partial charge on any atom is 0.229 e. The van der Waals surface area contributed by atoms with Gasteiger partial charge in [0, 0.05) is 11.8 Å². The highest BCUT2D eigenvalue weighted by Crippen LogP contribution is 2.60. The molecule has 1 aromatic carbocycles. The molecule has 0 saturated heterocycles. The van der Waals surface area contributed by atoms with Gasteiger partial charge in [0.15, 0.2) is 7.14 Å². The maximum atomic E-state index is 14.1. The van der Waals surface area contributed by atoms with Crippen LogP contribution in [0.3, 0.4) is 0 Å². The average molecular weight is 394 g/mol. The lowest BCUT2D eigenvalue weighted by atomic mass is 10.1. The molecule has 1 atom stereocenters. The topological polar surface area (TPSA) is 52.6 Å². The molecule has 0 radical (unpaired) electrons. The molecule has 2 rings (SSSR count). The summed E-state index contributed by atoms with van der Waals surface area (Å²) in [5.41, 5.74) is 0.149. The molecule has 1 saturated carbocycles. The Morgan fingerprint density at radius 2 is 1.56 bits per heavy atom. The predicted molar refractivity (Wildman–Crippen MR) is 112 cm³/mol. The zero-order chi connectivity index (χ0) is 19.7. The van der Waals surface area contributed by atoms with E-state index >= 15 is 0 Å². The van der Waals surface area contributed by atoms with Crippen molar-refractivity contribution >= 4 is 12.7 Å². The van der Waals surface area contributed by atoms with Gasteiger partial charge in [-0.25, -0.2) is 0 Å². The smallest absolute Gasteiger partial charge is 0.229 e. The highest BCUT2D eigenvalue weighted by molar-refractivity contribution is 7.81. The normalized spacial score (nSPS) is 16.9. The molecule has 0 aliphatic heterocycles. The summed E-state index contributed by atoms with van der Waals surface area (Å²) in [6.07, 6.45) is 11.2. The van der Waals surface area contributed by atoms with Crippen LogP contribution in [-0.2, 0) is 4.57 Å². The van der Waals surface area contributed by atoms with E-state index in [0.29, 0.717) is 23.2 Å². The first-order chi connectivity index (χ1) is 13.1. The first-order valence-corrected chi connectivity index (χ1v) is 12.4. The second kappa shape index (κ2) is 10.9. The van der Waals surface area contributed by atoms with Crippen molar-refractivity contribution in [2.24, 2.45) is 0 Å². The molecule has 0 spiro atoms. The molecule has 152 valence electrons. The molecule has 5 heteroatoms. The lowest BCUT2D eigenvalue weighted by molar-refractivity contribution is 0.106. The van der Waals surface area contributed by atoms with Crippen LogP contribution >= 0.6 is 7.14 Å². The van der Waals surface area contributed by atoms with Crippen LogP contribution in [0.2, 0.25) is 0 Å². The fourth-order valence-corrected chi connectivity index (χ4v) is 7.54. The van der Waals surface area contributed by atoms with E-state index < -0.39 is 7.14 Å². The maximum absolute atomic E-state index is 14.1. The molecule has 1 aliphatic carbocycles. The Morgan fingerprint density at radius 3 is 2.11 bits per heavy atom. The highest BCUT2D eigenvalue weighted by atomic mass is 31.2. The van der Waals surface area contributed by atoms with Crippen molar-refractivity contribution in [2.75, 3.05) is 20.4 Å². The average Bonchev–Trinajstić information content (AvgIpc) is 3.24. The third-order valence-electron chi connectivity index (χ3n) is 5.74. The van der Waals surface area contributed by atoms with E-state index in [1.807, 2.05) is 0 Å². The van der Waals surface area contributed by atoms with Crippen molar-refractivity contribution in [2.45, 2.75) is 76.8 Å². The van der Waals surface area contributed by atoms with Gasteiger partial charge < -0.3 is 14.0 Å². The number of carbonyl (C=O) groups is 1. The van der Waals surface area contributed by atoms with Crippen molar-refractivity contribution in [3.05, 3.63) is 23.8 Å². The summed E-state index contributed by atoms with van der Waals surface area (Å²) in [4.78, 5) is 13.6. The molecule has 4 nitrogen and oxygen atoms in total. The minimum atomic E-state index is -3.01. The Bertz CT molecular complexity index is 627. The van der Waals surface area contributed by atoms with Crippen molar-refractivity contribution in [1.82, 2.24) is 0 Å². The third-order valence-corrected chi connectivity index (χ3v) is 9.33. The Kier molecular flexibility index (Phi) is 8.89. The minimum absolute atomic E-state index is 0.0234. The lowest BCUT2D eigenvalue weighted by Crippen LogP contribution is -2.17. The number of unbranched alkanes of at least 4 members (excludes halogenated alkanes) is 5. The number of hydrogen-bond donors (Lipinski definition) is 0. The molecule has 0 aromatic heterocycles. The van der Waals surface area contributed by atoms with Crippen LogP contribution in [0.25, 0.3) is 0 Å². The Balaban J connectivity index is 2.23. The van der Waals surface area contributed by atoms with Crippen LogP contribution in [0.4, 0.5) is 0 Å². The Morgan fingerprint density at radius 1 is 1.00 bits per heavy atom. The summed E-state index contributed by atoms with van der Waals surface area (Å²) in [6.45, 7) is 2.20. The SMILES string of the molecule is CCCCCCCCP(=O)(C(=O)c1c(OC)cccc1OC)C1CCCC1. The summed E-state index contributed by atoms with van der Waals surface area (Å²) >= 11 is 0. The lowest BCUT2D eigenvalue weighted by Gasteiger charge is -2.25. The van der Waals surface area contributed by atoms with E-state index in [4.69, 9.17) is 9.47 Å². The Labute approximate surface area is 164 Å². The zero-order valence-electron chi connectivity index (χ0n) is 17.2. The van der Waals surface area contributed by atoms with Crippen molar-refractivity contribution in [3.63, 3.8) is 0 Å². The van der Waals surface area contributed by atoms with Crippen molar-refractivity contribution in [1.29, 1.82) is 0 Å². The van der Waals surface area contributed by atoms with E-state index in [1.165, 1.54) is 19.3 Å². The molecule has 0 heterocycles. The van der Waals surface area contributed by atoms with Crippen LogP contribution in [-0.4, -0.2) is 31.6 Å². The molecular weight excluding hydrogens is 359 g/mol. The number of carbonyl (C=O) groups excluding carboxylic acids is 1. The highest BCUT2D eigenvalue weighted by Gasteiger charge is 2.43.